The van der Waals surface area contributed by atoms with Crippen LogP contribution in [0.15, 0.2) is 48.5 Å². The van der Waals surface area contributed by atoms with E-state index in [2.05, 4.69) is 34.6 Å². The zero-order valence-electron chi connectivity index (χ0n) is 20.9. The van der Waals surface area contributed by atoms with Gasteiger partial charge in [0.05, 0.1) is 13.2 Å². The minimum Gasteiger partial charge on any atom is -0.468 e. The molecule has 0 unspecified atom stereocenters. The monoisotopic (exact) mass is 482 g/mol. The van der Waals surface area contributed by atoms with Gasteiger partial charge in [-0.05, 0) is 78.9 Å². The predicted octanol–water partition coefficient (Wildman–Crippen LogP) is 5.73. The van der Waals surface area contributed by atoms with Crippen molar-refractivity contribution in [3.8, 4) is 0 Å². The molecule has 5 heteroatoms. The summed E-state index contributed by atoms with van der Waals surface area (Å²) in [6.45, 7) is 0. The summed E-state index contributed by atoms with van der Waals surface area (Å²) in [4.78, 5) is 29.5. The number of rotatable bonds is 5. The lowest BCUT2D eigenvalue weighted by molar-refractivity contribution is -0.143. The first-order valence-electron chi connectivity index (χ1n) is 13.6. The largest absolute Gasteiger partial charge is 0.468 e. The van der Waals surface area contributed by atoms with Gasteiger partial charge in [-0.2, -0.15) is 0 Å². The Morgan fingerprint density at radius 1 is 0.944 bits per heavy atom. The number of hydrogen-bond acceptors (Lipinski definition) is 4. The van der Waals surface area contributed by atoms with Crippen LogP contribution in [0, 0.1) is 23.2 Å². The van der Waals surface area contributed by atoms with E-state index in [1.165, 1.54) is 45.6 Å². The summed E-state index contributed by atoms with van der Waals surface area (Å²) in [6, 6.07) is 15.7. The fourth-order valence-electron chi connectivity index (χ4n) is 8.60. The molecular formula is C31H34N2O3. The minimum atomic E-state index is -0.413. The molecule has 36 heavy (non-hydrogen) atoms. The van der Waals surface area contributed by atoms with E-state index in [9.17, 15) is 9.59 Å². The molecule has 0 spiro atoms. The zero-order valence-corrected chi connectivity index (χ0v) is 20.9. The highest BCUT2D eigenvalue weighted by atomic mass is 16.5. The lowest BCUT2D eigenvalue weighted by Gasteiger charge is -2.56. The molecule has 0 saturated heterocycles. The molecule has 1 aromatic heterocycles. The first-order valence-corrected chi connectivity index (χ1v) is 13.6. The van der Waals surface area contributed by atoms with Crippen LogP contribution in [0.25, 0.3) is 10.9 Å². The van der Waals surface area contributed by atoms with Gasteiger partial charge in [0, 0.05) is 35.0 Å². The second-order valence-corrected chi connectivity index (χ2v) is 12.1. The summed E-state index contributed by atoms with van der Waals surface area (Å²) >= 11 is 0. The number of ether oxygens (including phenoxy) is 1. The van der Waals surface area contributed by atoms with Crippen molar-refractivity contribution in [2.24, 2.45) is 23.2 Å². The Labute approximate surface area is 212 Å². The van der Waals surface area contributed by atoms with Crippen LogP contribution in [-0.4, -0.2) is 29.9 Å². The fraction of sp³-hybridized carbons (Fsp3) is 0.484. The maximum absolute atomic E-state index is 13.4. The van der Waals surface area contributed by atoms with Crippen LogP contribution in [0.5, 0.6) is 0 Å². The highest BCUT2D eigenvalue weighted by Crippen LogP contribution is 2.61. The van der Waals surface area contributed by atoms with E-state index in [-0.39, 0.29) is 17.4 Å². The number of esters is 1. The Hall–Kier alpha value is -2.92. The highest BCUT2D eigenvalue weighted by Gasteiger charge is 2.51. The maximum atomic E-state index is 13.4. The highest BCUT2D eigenvalue weighted by molar-refractivity contribution is 5.96. The first kappa shape index (κ1) is 22.3. The lowest BCUT2D eigenvalue weighted by Crippen LogP contribution is -2.46. The van der Waals surface area contributed by atoms with Crippen molar-refractivity contribution < 1.29 is 14.3 Å². The summed E-state index contributed by atoms with van der Waals surface area (Å²) < 4.78 is 5.09. The van der Waals surface area contributed by atoms with Crippen molar-refractivity contribution in [2.75, 3.05) is 7.11 Å². The quantitative estimate of drug-likeness (QED) is 0.360. The number of H-pyrrole nitrogens is 1. The molecular weight excluding hydrogens is 448 g/mol. The van der Waals surface area contributed by atoms with E-state index in [0.717, 1.165) is 51.0 Å². The van der Waals surface area contributed by atoms with Gasteiger partial charge in [-0.25, -0.2) is 0 Å². The third-order valence-corrected chi connectivity index (χ3v) is 9.66. The van der Waals surface area contributed by atoms with Crippen molar-refractivity contribution in [1.29, 1.82) is 0 Å². The molecule has 4 aliphatic carbocycles. The number of hydrogen-bond donors (Lipinski definition) is 2. The molecule has 0 radical (unpaired) electrons. The maximum Gasteiger partial charge on any atom is 0.323 e. The van der Waals surface area contributed by atoms with Crippen molar-refractivity contribution in [1.82, 2.24) is 10.3 Å². The lowest BCUT2D eigenvalue weighted by atomic mass is 9.48. The second kappa shape index (κ2) is 8.31. The number of Topliss-reactive ketones (excluding diaryl/α,β-unsaturated/α-hetero) is 1. The van der Waals surface area contributed by atoms with Crippen LogP contribution >= 0.6 is 0 Å². The van der Waals surface area contributed by atoms with Gasteiger partial charge >= 0.3 is 5.97 Å². The standard InChI is InChI=1S/C31H34N2O3/c1-36-30(35)26-13-24-23-4-2-3-5-25(23)32-29(24)28(33-26)22-8-6-21(7-9-22)27(34)17-31-14-18-10-19(15-31)12-20(11-18)16-31/h2-9,18-20,26,28,32-33H,10-17H2,1H3/t18?,19?,20?,26-,28+,31?/m1/s1. The van der Waals surface area contributed by atoms with Gasteiger partial charge in [-0.15, -0.1) is 0 Å². The van der Waals surface area contributed by atoms with Gasteiger partial charge in [0.25, 0.3) is 0 Å². The van der Waals surface area contributed by atoms with Crippen LogP contribution in [0.1, 0.15) is 78.2 Å². The van der Waals surface area contributed by atoms with E-state index < -0.39 is 6.04 Å². The molecule has 5 aliphatic rings. The molecule has 4 fully saturated rings. The molecule has 186 valence electrons. The third kappa shape index (κ3) is 3.62. The second-order valence-electron chi connectivity index (χ2n) is 12.1. The summed E-state index contributed by atoms with van der Waals surface area (Å²) in [6.07, 6.45) is 9.27. The number of ketones is 1. The van der Waals surface area contributed by atoms with Crippen molar-refractivity contribution >= 4 is 22.7 Å². The number of carbonyl (C=O) groups excluding carboxylic acids is 2. The Morgan fingerprint density at radius 3 is 2.28 bits per heavy atom. The van der Waals surface area contributed by atoms with Gasteiger partial charge < -0.3 is 9.72 Å². The summed E-state index contributed by atoms with van der Waals surface area (Å²) in [5, 5.41) is 4.65. The van der Waals surface area contributed by atoms with E-state index >= 15 is 0 Å². The van der Waals surface area contributed by atoms with Crippen LogP contribution in [0.3, 0.4) is 0 Å². The molecule has 2 atom stereocenters. The fourth-order valence-corrected chi connectivity index (χ4v) is 8.60. The predicted molar refractivity (Wildman–Crippen MR) is 139 cm³/mol. The third-order valence-electron chi connectivity index (χ3n) is 9.66. The van der Waals surface area contributed by atoms with Gasteiger partial charge in [0.15, 0.2) is 5.78 Å². The molecule has 0 amide bonds. The number of nitrogens with one attached hydrogen (secondary N) is 2. The van der Waals surface area contributed by atoms with Crippen molar-refractivity contribution in [2.45, 2.75) is 63.5 Å². The zero-order chi connectivity index (χ0) is 24.4. The SMILES string of the molecule is COC(=O)[C@H]1Cc2c([nH]c3ccccc23)[C@H](c2ccc(C(=O)CC34CC5CC(CC(C5)C3)C4)cc2)N1. The number of carbonyl (C=O) groups is 2. The van der Waals surface area contributed by atoms with Crippen molar-refractivity contribution in [3.05, 3.63) is 70.9 Å². The Balaban J connectivity index is 1.16. The molecule has 4 bridgehead atoms. The summed E-state index contributed by atoms with van der Waals surface area (Å²) in [5.74, 6) is 2.61. The molecule has 2 heterocycles. The smallest absolute Gasteiger partial charge is 0.323 e. The van der Waals surface area contributed by atoms with E-state index in [0.29, 0.717) is 18.6 Å². The molecule has 1 aliphatic heterocycles. The van der Waals surface area contributed by atoms with E-state index in [1.54, 1.807) is 0 Å². The molecule has 5 nitrogen and oxygen atoms in total. The Bertz CT molecular complexity index is 1300. The van der Waals surface area contributed by atoms with E-state index in [1.807, 2.05) is 24.3 Å². The average molecular weight is 483 g/mol. The van der Waals surface area contributed by atoms with Crippen LogP contribution in [0.2, 0.25) is 0 Å². The number of benzene rings is 2. The van der Waals surface area contributed by atoms with Crippen LogP contribution in [0.4, 0.5) is 0 Å². The van der Waals surface area contributed by atoms with Crippen molar-refractivity contribution in [3.63, 3.8) is 0 Å². The normalized spacial score (nSPS) is 32.4. The molecule has 2 aromatic carbocycles. The van der Waals surface area contributed by atoms with Gasteiger partial charge in [0.1, 0.15) is 6.04 Å². The summed E-state index contributed by atoms with van der Waals surface area (Å²) in [5.41, 5.74) is 5.43. The van der Waals surface area contributed by atoms with Crippen LogP contribution < -0.4 is 5.32 Å². The van der Waals surface area contributed by atoms with Gasteiger partial charge in [-0.1, -0.05) is 42.5 Å². The number of fused-ring (bicyclic) bond motifs is 3. The van der Waals surface area contributed by atoms with Crippen LogP contribution in [-0.2, 0) is 16.0 Å². The number of para-hydroxylation sites is 1. The Kier molecular flexibility index (Phi) is 5.14. The first-order chi connectivity index (χ1) is 17.5. The van der Waals surface area contributed by atoms with E-state index in [4.69, 9.17) is 4.74 Å². The molecule has 3 aromatic rings. The summed E-state index contributed by atoms with van der Waals surface area (Å²) in [7, 11) is 1.44. The molecule has 4 saturated carbocycles. The topological polar surface area (TPSA) is 71.2 Å². The number of methoxy groups -OCH3 is 1. The van der Waals surface area contributed by atoms with Gasteiger partial charge in [-0.3, -0.25) is 14.9 Å². The molecule has 2 N–H and O–H groups in total. The minimum absolute atomic E-state index is 0.169. The Morgan fingerprint density at radius 2 is 1.61 bits per heavy atom. The number of aromatic amines is 1. The average Bonchev–Trinajstić information content (AvgIpc) is 3.25. The van der Waals surface area contributed by atoms with Gasteiger partial charge in [0.2, 0.25) is 0 Å². The number of aromatic nitrogens is 1. The molecule has 8 rings (SSSR count).